The number of benzene rings is 8. The first-order valence-corrected chi connectivity index (χ1v) is 15.7. The first kappa shape index (κ1) is 26.3. The lowest BCUT2D eigenvalue weighted by atomic mass is 9.94. The summed E-state index contributed by atoms with van der Waals surface area (Å²) in [5.41, 5.74) is 9.88. The van der Waals surface area contributed by atoms with E-state index >= 15 is 0 Å². The maximum atomic E-state index is 6.23. The van der Waals surface area contributed by atoms with Crippen LogP contribution in [0.5, 0.6) is 0 Å². The van der Waals surface area contributed by atoms with Crippen LogP contribution >= 0.6 is 0 Å². The van der Waals surface area contributed by atoms with E-state index in [-0.39, 0.29) is 0 Å². The Kier molecular flexibility index (Phi) is 6.17. The minimum absolute atomic E-state index is 0.888. The zero-order valence-electron chi connectivity index (χ0n) is 25.1. The van der Waals surface area contributed by atoms with Gasteiger partial charge in [0, 0.05) is 27.5 Å². The Labute approximate surface area is 267 Å². The van der Waals surface area contributed by atoms with Gasteiger partial charge in [-0.15, -0.1) is 0 Å². The summed E-state index contributed by atoms with van der Waals surface area (Å²) in [6.07, 6.45) is 0. The molecule has 0 atom stereocenters. The molecular formula is C44H29NO. The Balaban J connectivity index is 1.29. The van der Waals surface area contributed by atoms with Gasteiger partial charge in [-0.2, -0.15) is 0 Å². The molecular weight excluding hydrogens is 558 g/mol. The number of nitrogens with zero attached hydrogens (tertiary/aromatic N) is 1. The maximum Gasteiger partial charge on any atom is 0.135 e. The molecule has 0 bridgehead atoms. The van der Waals surface area contributed by atoms with Gasteiger partial charge in [0.15, 0.2) is 0 Å². The molecule has 0 spiro atoms. The molecule has 9 rings (SSSR count). The van der Waals surface area contributed by atoms with Crippen LogP contribution in [-0.2, 0) is 0 Å². The number of furan rings is 1. The second-order valence-corrected chi connectivity index (χ2v) is 11.8. The predicted molar refractivity (Wildman–Crippen MR) is 194 cm³/mol. The molecule has 216 valence electrons. The number of hydrogen-bond acceptors (Lipinski definition) is 2. The second kappa shape index (κ2) is 10.8. The minimum Gasteiger partial charge on any atom is -0.456 e. The van der Waals surface area contributed by atoms with Crippen molar-refractivity contribution in [3.05, 3.63) is 176 Å². The van der Waals surface area contributed by atoms with Crippen LogP contribution < -0.4 is 4.90 Å². The summed E-state index contributed by atoms with van der Waals surface area (Å²) in [7, 11) is 0. The molecule has 0 saturated heterocycles. The molecule has 8 aromatic carbocycles. The van der Waals surface area contributed by atoms with E-state index in [9.17, 15) is 0 Å². The molecule has 0 aliphatic rings. The number of anilines is 3. The van der Waals surface area contributed by atoms with Crippen molar-refractivity contribution in [3.8, 4) is 22.3 Å². The van der Waals surface area contributed by atoms with E-state index in [1.54, 1.807) is 0 Å². The van der Waals surface area contributed by atoms with Crippen molar-refractivity contribution in [1.29, 1.82) is 0 Å². The van der Waals surface area contributed by atoms with Gasteiger partial charge in [0.25, 0.3) is 0 Å². The number of rotatable bonds is 5. The summed E-state index contributed by atoms with van der Waals surface area (Å²) in [5, 5.41) is 7.11. The molecule has 0 saturated carbocycles. The number of hydrogen-bond donors (Lipinski definition) is 0. The smallest absolute Gasteiger partial charge is 0.135 e. The molecule has 0 aliphatic heterocycles. The highest BCUT2D eigenvalue weighted by Gasteiger charge is 2.20. The number of fused-ring (bicyclic) bond motifs is 5. The van der Waals surface area contributed by atoms with Crippen LogP contribution in [0.25, 0.3) is 65.7 Å². The normalized spacial score (nSPS) is 11.5. The summed E-state index contributed by atoms with van der Waals surface area (Å²) in [6.45, 7) is 0. The van der Waals surface area contributed by atoms with Crippen molar-refractivity contribution < 1.29 is 4.42 Å². The van der Waals surface area contributed by atoms with E-state index in [4.69, 9.17) is 4.42 Å². The topological polar surface area (TPSA) is 16.4 Å². The van der Waals surface area contributed by atoms with E-state index in [2.05, 4.69) is 169 Å². The Hall–Kier alpha value is -6.12. The second-order valence-electron chi connectivity index (χ2n) is 11.8. The molecule has 2 heteroatoms. The summed E-state index contributed by atoms with van der Waals surface area (Å²) < 4.78 is 6.23. The molecule has 9 aromatic rings. The lowest BCUT2D eigenvalue weighted by Gasteiger charge is -2.28. The van der Waals surface area contributed by atoms with Crippen LogP contribution in [0.2, 0.25) is 0 Å². The highest BCUT2D eigenvalue weighted by Crippen LogP contribution is 2.44. The van der Waals surface area contributed by atoms with Gasteiger partial charge in [0.1, 0.15) is 11.2 Å². The third-order valence-electron chi connectivity index (χ3n) is 9.04. The molecule has 0 radical (unpaired) electrons. The summed E-state index contributed by atoms with van der Waals surface area (Å²) >= 11 is 0. The quantitative estimate of drug-likeness (QED) is 0.199. The Morgan fingerprint density at radius 1 is 0.370 bits per heavy atom. The summed E-state index contributed by atoms with van der Waals surface area (Å²) in [4.78, 5) is 2.39. The summed E-state index contributed by atoms with van der Waals surface area (Å²) in [6, 6.07) is 62.9. The molecule has 0 unspecified atom stereocenters. The monoisotopic (exact) mass is 587 g/mol. The van der Waals surface area contributed by atoms with Gasteiger partial charge in [-0.1, -0.05) is 127 Å². The van der Waals surface area contributed by atoms with Crippen molar-refractivity contribution in [2.24, 2.45) is 0 Å². The first-order valence-electron chi connectivity index (χ1n) is 15.7. The standard InChI is InChI=1S/C44H29NO/c1-2-10-30(11-3-1)32-22-24-36(25-23-32)45(37-26-27-43-40(29-37)39-16-6-7-19-42(39)46-43)41-18-9-15-33-14-8-17-38(44(33)41)35-21-20-31-12-4-5-13-34(31)28-35/h1-29H. The third kappa shape index (κ3) is 4.43. The van der Waals surface area contributed by atoms with Gasteiger partial charge in [0.05, 0.1) is 5.69 Å². The Morgan fingerprint density at radius 3 is 1.89 bits per heavy atom. The van der Waals surface area contributed by atoms with Gasteiger partial charge in [0.2, 0.25) is 0 Å². The lowest BCUT2D eigenvalue weighted by Crippen LogP contribution is -2.10. The van der Waals surface area contributed by atoms with E-state index in [0.717, 1.165) is 39.0 Å². The average Bonchev–Trinajstić information content (AvgIpc) is 3.50. The van der Waals surface area contributed by atoms with Gasteiger partial charge in [-0.3, -0.25) is 0 Å². The third-order valence-corrected chi connectivity index (χ3v) is 9.04. The zero-order chi connectivity index (χ0) is 30.5. The van der Waals surface area contributed by atoms with Gasteiger partial charge in [-0.25, -0.2) is 0 Å². The largest absolute Gasteiger partial charge is 0.456 e. The lowest BCUT2D eigenvalue weighted by molar-refractivity contribution is 0.669. The highest BCUT2D eigenvalue weighted by atomic mass is 16.3. The van der Waals surface area contributed by atoms with Crippen molar-refractivity contribution in [2.45, 2.75) is 0 Å². The average molecular weight is 588 g/mol. The van der Waals surface area contributed by atoms with Crippen molar-refractivity contribution in [1.82, 2.24) is 0 Å². The van der Waals surface area contributed by atoms with Crippen LogP contribution in [0.15, 0.2) is 180 Å². The predicted octanol–water partition coefficient (Wildman–Crippen LogP) is 12.7. The maximum absolute atomic E-state index is 6.23. The highest BCUT2D eigenvalue weighted by molar-refractivity contribution is 6.10. The van der Waals surface area contributed by atoms with Gasteiger partial charge >= 0.3 is 0 Å². The molecule has 46 heavy (non-hydrogen) atoms. The van der Waals surface area contributed by atoms with E-state index < -0.39 is 0 Å². The Bertz CT molecular complexity index is 2520. The van der Waals surface area contributed by atoms with E-state index in [0.29, 0.717) is 0 Å². The van der Waals surface area contributed by atoms with Crippen LogP contribution in [0.3, 0.4) is 0 Å². The zero-order valence-corrected chi connectivity index (χ0v) is 25.1. The van der Waals surface area contributed by atoms with Crippen LogP contribution in [-0.4, -0.2) is 0 Å². The fourth-order valence-electron chi connectivity index (χ4n) is 6.82. The minimum atomic E-state index is 0.888. The molecule has 0 aliphatic carbocycles. The van der Waals surface area contributed by atoms with Crippen LogP contribution in [0.4, 0.5) is 17.1 Å². The van der Waals surface area contributed by atoms with Gasteiger partial charge in [-0.05, 0) is 86.9 Å². The number of para-hydroxylation sites is 1. The van der Waals surface area contributed by atoms with Gasteiger partial charge < -0.3 is 9.32 Å². The SMILES string of the molecule is c1ccc(-c2ccc(N(c3ccc4oc5ccccc5c4c3)c3cccc4cccc(-c5ccc6ccccc6c5)c34)cc2)cc1. The van der Waals surface area contributed by atoms with Crippen LogP contribution in [0, 0.1) is 0 Å². The fourth-order valence-corrected chi connectivity index (χ4v) is 6.82. The van der Waals surface area contributed by atoms with E-state index in [1.165, 1.54) is 43.8 Å². The molecule has 1 aromatic heterocycles. The first-order chi connectivity index (χ1) is 22.8. The van der Waals surface area contributed by atoms with Crippen molar-refractivity contribution in [3.63, 3.8) is 0 Å². The summed E-state index contributed by atoms with van der Waals surface area (Å²) in [5.74, 6) is 0. The van der Waals surface area contributed by atoms with E-state index in [1.807, 2.05) is 12.1 Å². The molecule has 1 heterocycles. The molecule has 0 amide bonds. The van der Waals surface area contributed by atoms with Crippen molar-refractivity contribution >= 4 is 60.5 Å². The Morgan fingerprint density at radius 2 is 1.02 bits per heavy atom. The van der Waals surface area contributed by atoms with Crippen LogP contribution in [0.1, 0.15) is 0 Å². The molecule has 2 nitrogen and oxygen atoms in total. The fraction of sp³-hybridized carbons (Fsp3) is 0. The van der Waals surface area contributed by atoms with Crippen molar-refractivity contribution in [2.75, 3.05) is 4.90 Å². The molecule has 0 N–H and O–H groups in total. The molecule has 0 fully saturated rings.